The van der Waals surface area contributed by atoms with Crippen LogP contribution in [-0.4, -0.2) is 16.0 Å². The van der Waals surface area contributed by atoms with Gasteiger partial charge in [0.25, 0.3) is 5.91 Å². The van der Waals surface area contributed by atoms with Gasteiger partial charge in [-0.05, 0) is 40.8 Å². The number of nitrogens with two attached hydrogens (primary N) is 1. The Morgan fingerprint density at radius 2 is 2.17 bits per heavy atom. The van der Waals surface area contributed by atoms with Crippen LogP contribution in [-0.2, 0) is 4.79 Å². The Morgan fingerprint density at radius 1 is 1.39 bits per heavy atom. The van der Waals surface area contributed by atoms with E-state index in [1.165, 1.54) is 0 Å². The van der Waals surface area contributed by atoms with Crippen LogP contribution in [0.15, 0.2) is 23.2 Å². The Morgan fingerprint density at radius 3 is 2.83 bits per heavy atom. The maximum atomic E-state index is 11.9. The Kier molecular flexibility index (Phi) is 2.59. The molecule has 7 heteroatoms. The number of hydrogen-bond acceptors (Lipinski definition) is 5. The highest BCUT2D eigenvalue weighted by Gasteiger charge is 2.24. The number of benzene rings is 1. The van der Waals surface area contributed by atoms with Crippen LogP contribution in [0.5, 0.6) is 5.88 Å². The van der Waals surface area contributed by atoms with Gasteiger partial charge in [-0.25, -0.2) is 4.99 Å². The highest BCUT2D eigenvalue weighted by Crippen LogP contribution is 2.32. The maximum absolute atomic E-state index is 11.9. The van der Waals surface area contributed by atoms with E-state index >= 15 is 0 Å². The molecule has 90 valence electrons. The van der Waals surface area contributed by atoms with Crippen molar-refractivity contribution in [2.24, 2.45) is 4.99 Å². The lowest BCUT2D eigenvalue weighted by atomic mass is 10.1. The molecule has 0 aliphatic carbocycles. The van der Waals surface area contributed by atoms with Crippen molar-refractivity contribution >= 4 is 50.5 Å². The van der Waals surface area contributed by atoms with Crippen LogP contribution < -0.4 is 16.3 Å². The number of aromatic nitrogens is 1. The topological polar surface area (TPSA) is 88.6 Å². The molecular weight excluding hydrogens is 365 g/mol. The molecule has 0 bridgehead atoms. The second kappa shape index (κ2) is 4.02. The van der Waals surface area contributed by atoms with Crippen molar-refractivity contribution in [3.8, 4) is 5.88 Å². The van der Waals surface area contributed by atoms with Gasteiger partial charge in [-0.1, -0.05) is 11.3 Å². The quantitative estimate of drug-likeness (QED) is 0.711. The number of halogens is 1. The lowest BCUT2D eigenvalue weighted by molar-refractivity contribution is -0.112. The maximum Gasteiger partial charge on any atom is 0.279 e. The Balaban J connectivity index is 2.41. The van der Waals surface area contributed by atoms with E-state index in [4.69, 9.17) is 5.73 Å². The van der Waals surface area contributed by atoms with Crippen LogP contribution in [0.3, 0.4) is 0 Å². The zero-order chi connectivity index (χ0) is 12.9. The number of nitrogens with zero attached hydrogens (tertiary/aromatic N) is 2. The van der Waals surface area contributed by atoms with Crippen molar-refractivity contribution in [1.82, 2.24) is 4.98 Å². The summed E-state index contributed by atoms with van der Waals surface area (Å²) >= 11 is 3.24. The lowest BCUT2D eigenvalue weighted by Gasteiger charge is -1.95. The molecule has 18 heavy (non-hydrogen) atoms. The molecule has 1 aliphatic rings. The van der Waals surface area contributed by atoms with E-state index in [9.17, 15) is 9.90 Å². The molecule has 1 aromatic carbocycles. The van der Waals surface area contributed by atoms with Crippen LogP contribution in [0.2, 0.25) is 0 Å². The number of rotatable bonds is 1. The van der Waals surface area contributed by atoms with Gasteiger partial charge in [-0.2, -0.15) is 4.98 Å². The Bertz CT molecular complexity index is 797. The molecule has 3 rings (SSSR count). The lowest BCUT2D eigenvalue weighted by Crippen LogP contribution is -2.23. The third-order valence-electron chi connectivity index (χ3n) is 2.52. The molecule has 1 aromatic heterocycles. The molecule has 0 radical (unpaired) electrons. The predicted octanol–water partition coefficient (Wildman–Crippen LogP) is 0.394. The van der Waals surface area contributed by atoms with Crippen LogP contribution >= 0.6 is 33.9 Å². The summed E-state index contributed by atoms with van der Waals surface area (Å²) in [7, 11) is 0. The average Bonchev–Trinajstić information content (AvgIpc) is 2.77. The smallest absolute Gasteiger partial charge is 0.279 e. The summed E-state index contributed by atoms with van der Waals surface area (Å²) in [5, 5.41) is 11.3. The van der Waals surface area contributed by atoms with Gasteiger partial charge in [-0.15, -0.1) is 0 Å². The van der Waals surface area contributed by atoms with Gasteiger partial charge < -0.3 is 10.8 Å². The number of thiazole rings is 1. The minimum atomic E-state index is -0.369. The number of hydrogen-bond donors (Lipinski definition) is 2. The fourth-order valence-corrected chi connectivity index (χ4v) is 3.07. The fourth-order valence-electron chi connectivity index (χ4n) is 1.80. The molecule has 0 atom stereocenters. The van der Waals surface area contributed by atoms with E-state index in [0.717, 1.165) is 14.9 Å². The molecule has 2 aromatic rings. The van der Waals surface area contributed by atoms with E-state index in [0.29, 0.717) is 21.0 Å². The monoisotopic (exact) mass is 371 g/mol. The van der Waals surface area contributed by atoms with Gasteiger partial charge in [0.1, 0.15) is 4.88 Å². The van der Waals surface area contributed by atoms with Crippen molar-refractivity contribution in [3.05, 3.63) is 37.2 Å². The Hall–Kier alpha value is -1.48. The summed E-state index contributed by atoms with van der Waals surface area (Å²) < 4.78 is 0.991. The summed E-state index contributed by atoms with van der Waals surface area (Å²) in [4.78, 5) is 20.0. The number of fused-ring (bicyclic) bond motifs is 1. The van der Waals surface area contributed by atoms with Crippen LogP contribution in [0.25, 0.3) is 5.57 Å². The number of carbonyl (C=O) groups excluding carboxylic acids is 1. The van der Waals surface area contributed by atoms with Gasteiger partial charge in [0, 0.05) is 8.79 Å². The van der Waals surface area contributed by atoms with Crippen molar-refractivity contribution in [2.45, 2.75) is 0 Å². The zero-order valence-electron chi connectivity index (χ0n) is 8.85. The van der Waals surface area contributed by atoms with Gasteiger partial charge in [0.05, 0.1) is 10.9 Å². The van der Waals surface area contributed by atoms with Gasteiger partial charge >= 0.3 is 0 Å². The molecule has 1 amide bonds. The number of nitrogen functional groups attached to an aromatic ring is 1. The van der Waals surface area contributed by atoms with Crippen LogP contribution in [0.1, 0.15) is 4.88 Å². The molecule has 0 saturated heterocycles. The minimum Gasteiger partial charge on any atom is -0.492 e. The van der Waals surface area contributed by atoms with Crippen molar-refractivity contribution in [3.63, 3.8) is 0 Å². The van der Waals surface area contributed by atoms with E-state index in [1.54, 1.807) is 6.07 Å². The standard InChI is InChI=1S/C11H6IN3O2S/c12-4-1-2-6-5(3-4)7(9(16)14-6)8-10(17)15-11(13)18-8/h1-3,17H,(H2,13,15). The van der Waals surface area contributed by atoms with E-state index in [2.05, 4.69) is 32.6 Å². The first-order chi connectivity index (χ1) is 8.56. The molecule has 0 saturated carbocycles. The summed E-state index contributed by atoms with van der Waals surface area (Å²) in [5.41, 5.74) is 5.90. The Labute approximate surface area is 119 Å². The number of aromatic hydroxyl groups is 1. The highest BCUT2D eigenvalue weighted by atomic mass is 127. The molecule has 3 N–H and O–H groups in total. The van der Waals surface area contributed by atoms with Crippen molar-refractivity contribution < 1.29 is 9.90 Å². The molecule has 2 heterocycles. The largest absolute Gasteiger partial charge is 0.492 e. The fraction of sp³-hybridized carbons (Fsp3) is 0. The average molecular weight is 371 g/mol. The predicted molar refractivity (Wildman–Crippen MR) is 75.6 cm³/mol. The van der Waals surface area contributed by atoms with Crippen LogP contribution in [0, 0.1) is 3.57 Å². The van der Waals surface area contributed by atoms with Gasteiger partial charge in [-0.3, -0.25) is 4.79 Å². The molecule has 0 fully saturated rings. The summed E-state index contributed by atoms with van der Waals surface area (Å²) in [6, 6.07) is 5.51. The summed E-state index contributed by atoms with van der Waals surface area (Å²) in [5.74, 6) is -0.589. The zero-order valence-corrected chi connectivity index (χ0v) is 11.8. The first kappa shape index (κ1) is 11.6. The highest BCUT2D eigenvalue weighted by molar-refractivity contribution is 14.1. The second-order valence-corrected chi connectivity index (χ2v) is 5.93. The molecule has 0 unspecified atom stereocenters. The van der Waals surface area contributed by atoms with Gasteiger partial charge in [0.2, 0.25) is 5.88 Å². The second-order valence-electron chi connectivity index (χ2n) is 3.66. The minimum absolute atomic E-state index is 0.220. The summed E-state index contributed by atoms with van der Waals surface area (Å²) in [6.07, 6.45) is 0. The van der Waals surface area contributed by atoms with Crippen molar-refractivity contribution in [2.75, 3.05) is 5.73 Å². The van der Waals surface area contributed by atoms with E-state index < -0.39 is 0 Å². The molecule has 0 spiro atoms. The number of anilines is 1. The third-order valence-corrected chi connectivity index (χ3v) is 4.08. The number of carbonyl (C=O) groups is 1. The third kappa shape index (κ3) is 1.70. The van der Waals surface area contributed by atoms with Gasteiger partial charge in [0.15, 0.2) is 5.13 Å². The SMILES string of the molecule is Nc1nc(O)c(C2=c3cc(I)ccc3=NC2=O)s1. The summed E-state index contributed by atoms with van der Waals surface area (Å²) in [6.45, 7) is 0. The van der Waals surface area contributed by atoms with Crippen molar-refractivity contribution in [1.29, 1.82) is 0 Å². The first-order valence-corrected chi connectivity index (χ1v) is 6.84. The molecule has 1 aliphatic heterocycles. The molecule has 5 nitrogen and oxygen atoms in total. The van der Waals surface area contributed by atoms with E-state index in [-0.39, 0.29) is 16.9 Å². The van der Waals surface area contributed by atoms with E-state index in [1.807, 2.05) is 12.1 Å². The number of amides is 1. The normalized spacial score (nSPS) is 13.6. The first-order valence-electron chi connectivity index (χ1n) is 4.95. The molecular formula is C11H6IN3O2S. The van der Waals surface area contributed by atoms with Crippen LogP contribution in [0.4, 0.5) is 5.13 Å².